The molecule has 2 aliphatic carbocycles. The van der Waals surface area contributed by atoms with Gasteiger partial charge < -0.3 is 9.88 Å². The second-order valence-electron chi connectivity index (χ2n) is 8.03. The molecule has 5 nitrogen and oxygen atoms in total. The van der Waals surface area contributed by atoms with E-state index in [-0.39, 0.29) is 5.91 Å². The zero-order valence-corrected chi connectivity index (χ0v) is 17.3. The van der Waals surface area contributed by atoms with Gasteiger partial charge in [-0.05, 0) is 25.2 Å². The lowest BCUT2D eigenvalue weighted by atomic mass is 9.86. The topological polar surface area (TPSA) is 59.8 Å². The molecule has 6 heteroatoms. The van der Waals surface area contributed by atoms with Crippen LogP contribution in [0.3, 0.4) is 0 Å². The van der Waals surface area contributed by atoms with Gasteiger partial charge in [0.25, 0.3) is 0 Å². The van der Waals surface area contributed by atoms with Gasteiger partial charge in [-0.1, -0.05) is 69.2 Å². The van der Waals surface area contributed by atoms with Crippen LogP contribution in [-0.4, -0.2) is 32.5 Å². The van der Waals surface area contributed by atoms with Crippen LogP contribution in [0.1, 0.15) is 76.5 Å². The highest BCUT2D eigenvalue weighted by Gasteiger charge is 2.19. The lowest BCUT2D eigenvalue weighted by molar-refractivity contribution is -0.119. The van der Waals surface area contributed by atoms with Gasteiger partial charge in [-0.25, -0.2) is 0 Å². The van der Waals surface area contributed by atoms with Crippen LogP contribution < -0.4 is 5.32 Å². The molecule has 0 unspecified atom stereocenters. The van der Waals surface area contributed by atoms with Gasteiger partial charge in [0.1, 0.15) is 5.82 Å². The molecular formula is C21H34N4OS. The molecule has 0 spiro atoms. The highest BCUT2D eigenvalue weighted by atomic mass is 32.2. The fourth-order valence-electron chi connectivity index (χ4n) is 4.38. The van der Waals surface area contributed by atoms with Gasteiger partial charge in [0, 0.05) is 19.0 Å². The van der Waals surface area contributed by atoms with Crippen LogP contribution in [0.15, 0.2) is 17.8 Å². The first-order valence-electron chi connectivity index (χ1n) is 10.7. The number of allylic oxidation sites excluding steroid dienone is 1. The first-order chi connectivity index (χ1) is 13.3. The minimum absolute atomic E-state index is 0.115. The molecule has 1 amide bonds. The second-order valence-corrected chi connectivity index (χ2v) is 8.97. The summed E-state index contributed by atoms with van der Waals surface area (Å²) in [4.78, 5) is 12.3. The van der Waals surface area contributed by atoms with Crippen molar-refractivity contribution >= 4 is 17.7 Å². The first-order valence-corrected chi connectivity index (χ1v) is 11.7. The summed E-state index contributed by atoms with van der Waals surface area (Å²) in [6.07, 6.45) is 16.9. The average Bonchev–Trinajstić information content (AvgIpc) is 3.08. The van der Waals surface area contributed by atoms with Crippen molar-refractivity contribution in [2.75, 3.05) is 5.75 Å². The van der Waals surface area contributed by atoms with E-state index in [4.69, 9.17) is 0 Å². The zero-order chi connectivity index (χ0) is 18.9. The molecule has 0 radical (unpaired) electrons. The largest absolute Gasteiger partial charge is 0.353 e. The monoisotopic (exact) mass is 390 g/mol. The summed E-state index contributed by atoms with van der Waals surface area (Å²) >= 11 is 1.50. The van der Waals surface area contributed by atoms with Crippen molar-refractivity contribution in [1.82, 2.24) is 20.1 Å². The van der Waals surface area contributed by atoms with E-state index < -0.39 is 0 Å². The number of aromatic nitrogens is 3. The highest BCUT2D eigenvalue weighted by Crippen LogP contribution is 2.28. The Balaban J connectivity index is 1.50. The van der Waals surface area contributed by atoms with Crippen LogP contribution in [0.25, 0.3) is 0 Å². The van der Waals surface area contributed by atoms with Gasteiger partial charge in [-0.3, -0.25) is 4.79 Å². The standard InChI is InChI=1S/C21H34N4OS/c1-2-15-25-19(14-13-17-9-5-3-6-10-17)23-24-21(25)27-16-20(26)22-18-11-7-4-8-12-18/h2,17-18H,1,3-16H2,(H,22,26). The third-order valence-corrected chi connectivity index (χ3v) is 6.88. The van der Waals surface area contributed by atoms with Crippen LogP contribution in [0, 0.1) is 5.92 Å². The lowest BCUT2D eigenvalue weighted by Crippen LogP contribution is -2.37. The number of hydrogen-bond acceptors (Lipinski definition) is 4. The Morgan fingerprint density at radius 1 is 1.11 bits per heavy atom. The Hall–Kier alpha value is -1.30. The number of nitrogens with zero attached hydrogens (tertiary/aromatic N) is 3. The van der Waals surface area contributed by atoms with Crippen molar-refractivity contribution in [2.24, 2.45) is 5.92 Å². The van der Waals surface area contributed by atoms with Crippen LogP contribution in [-0.2, 0) is 17.8 Å². The molecule has 0 aromatic carbocycles. The van der Waals surface area contributed by atoms with Crippen molar-refractivity contribution in [1.29, 1.82) is 0 Å². The molecule has 1 aromatic rings. The van der Waals surface area contributed by atoms with Crippen LogP contribution in [0.2, 0.25) is 0 Å². The molecule has 150 valence electrons. The van der Waals surface area contributed by atoms with Crippen molar-refractivity contribution in [3.8, 4) is 0 Å². The maximum absolute atomic E-state index is 12.3. The van der Waals surface area contributed by atoms with Crippen molar-refractivity contribution in [3.05, 3.63) is 18.5 Å². The second kappa shape index (κ2) is 10.9. The molecule has 0 saturated heterocycles. The third-order valence-electron chi connectivity index (χ3n) is 5.91. The summed E-state index contributed by atoms with van der Waals surface area (Å²) in [5.41, 5.74) is 0. The Morgan fingerprint density at radius 2 is 1.81 bits per heavy atom. The molecule has 1 aromatic heterocycles. The maximum Gasteiger partial charge on any atom is 0.230 e. The molecule has 3 rings (SSSR count). The number of amides is 1. The van der Waals surface area contributed by atoms with Gasteiger partial charge in [-0.2, -0.15) is 0 Å². The normalized spacial score (nSPS) is 19.1. The van der Waals surface area contributed by atoms with Crippen LogP contribution in [0.5, 0.6) is 0 Å². The van der Waals surface area contributed by atoms with Gasteiger partial charge in [-0.15, -0.1) is 16.8 Å². The number of rotatable bonds is 9. The molecule has 0 atom stereocenters. The predicted molar refractivity (Wildman–Crippen MR) is 111 cm³/mol. The van der Waals surface area contributed by atoms with E-state index in [0.29, 0.717) is 18.3 Å². The quantitative estimate of drug-likeness (QED) is 0.497. The number of aryl methyl sites for hydroxylation is 1. The molecular weight excluding hydrogens is 356 g/mol. The van der Waals surface area contributed by atoms with Gasteiger partial charge >= 0.3 is 0 Å². The fraction of sp³-hybridized carbons (Fsp3) is 0.762. The Morgan fingerprint density at radius 3 is 2.52 bits per heavy atom. The van der Waals surface area contributed by atoms with E-state index in [0.717, 1.165) is 36.2 Å². The average molecular weight is 391 g/mol. The maximum atomic E-state index is 12.3. The van der Waals surface area contributed by atoms with E-state index in [2.05, 4.69) is 26.7 Å². The Labute approximate surface area is 167 Å². The van der Waals surface area contributed by atoms with Crippen molar-refractivity contribution < 1.29 is 4.79 Å². The predicted octanol–water partition coefficient (Wildman–Crippen LogP) is 4.52. The molecule has 2 saturated carbocycles. The number of carbonyl (C=O) groups excluding carboxylic acids is 1. The van der Waals surface area contributed by atoms with E-state index in [1.54, 1.807) is 0 Å². The molecule has 0 aliphatic heterocycles. The summed E-state index contributed by atoms with van der Waals surface area (Å²) in [5, 5.41) is 12.8. The number of nitrogens with one attached hydrogen (secondary N) is 1. The molecule has 1 N–H and O–H groups in total. The van der Waals surface area contributed by atoms with Gasteiger partial charge in [0.15, 0.2) is 5.16 Å². The number of thioether (sulfide) groups is 1. The summed E-state index contributed by atoms with van der Waals surface area (Å²) in [5.74, 6) is 2.40. The molecule has 2 aliphatic rings. The van der Waals surface area contributed by atoms with Crippen LogP contribution in [0.4, 0.5) is 0 Å². The Kier molecular flexibility index (Phi) is 8.24. The summed E-state index contributed by atoms with van der Waals surface area (Å²) < 4.78 is 2.13. The third kappa shape index (κ3) is 6.37. The number of hydrogen-bond donors (Lipinski definition) is 1. The molecule has 1 heterocycles. The lowest BCUT2D eigenvalue weighted by Gasteiger charge is -2.22. The minimum Gasteiger partial charge on any atom is -0.353 e. The molecule has 0 bridgehead atoms. The highest BCUT2D eigenvalue weighted by molar-refractivity contribution is 7.99. The molecule has 2 fully saturated rings. The first kappa shape index (κ1) is 20.4. The summed E-state index contributed by atoms with van der Waals surface area (Å²) in [6, 6.07) is 0.365. The zero-order valence-electron chi connectivity index (χ0n) is 16.5. The van der Waals surface area contributed by atoms with E-state index in [1.807, 2.05) is 6.08 Å². The summed E-state index contributed by atoms with van der Waals surface area (Å²) in [7, 11) is 0. The fourth-order valence-corrected chi connectivity index (χ4v) is 5.16. The van der Waals surface area contributed by atoms with Crippen molar-refractivity contribution in [3.63, 3.8) is 0 Å². The smallest absolute Gasteiger partial charge is 0.230 e. The SMILES string of the molecule is C=CCn1c(CCC2CCCCC2)nnc1SCC(=O)NC1CCCCC1. The van der Waals surface area contributed by atoms with Crippen molar-refractivity contribution in [2.45, 2.75) is 94.8 Å². The Bertz CT molecular complexity index is 603. The van der Waals surface area contributed by atoms with E-state index in [9.17, 15) is 4.79 Å². The van der Waals surface area contributed by atoms with Gasteiger partial charge in [0.05, 0.1) is 5.75 Å². The van der Waals surface area contributed by atoms with E-state index >= 15 is 0 Å². The van der Waals surface area contributed by atoms with Gasteiger partial charge in [0.2, 0.25) is 5.91 Å². The summed E-state index contributed by atoms with van der Waals surface area (Å²) in [6.45, 7) is 4.58. The van der Waals surface area contributed by atoms with Crippen LogP contribution >= 0.6 is 11.8 Å². The number of carbonyl (C=O) groups is 1. The minimum atomic E-state index is 0.115. The van der Waals surface area contributed by atoms with E-state index in [1.165, 1.54) is 69.5 Å². The molecule has 27 heavy (non-hydrogen) atoms.